The molecular weight excluding hydrogens is 206 g/mol. The summed E-state index contributed by atoms with van der Waals surface area (Å²) >= 11 is 0. The van der Waals surface area contributed by atoms with Crippen LogP contribution in [0.15, 0.2) is 18.2 Å². The van der Waals surface area contributed by atoms with Crippen molar-refractivity contribution in [2.45, 2.75) is 6.10 Å². The molecular formula is C11H19N3O2. The van der Waals surface area contributed by atoms with Crippen LogP contribution >= 0.6 is 0 Å². The lowest BCUT2D eigenvalue weighted by molar-refractivity contribution is 0.0365. The molecule has 1 heterocycles. The molecule has 1 aromatic rings. The molecule has 0 fully saturated rings. The average molecular weight is 225 g/mol. The Labute approximate surface area is 96.2 Å². The van der Waals surface area contributed by atoms with Crippen LogP contribution in [-0.2, 0) is 9.47 Å². The van der Waals surface area contributed by atoms with E-state index in [9.17, 15) is 0 Å². The van der Waals surface area contributed by atoms with Gasteiger partial charge in [-0.15, -0.1) is 0 Å². The van der Waals surface area contributed by atoms with E-state index in [-0.39, 0.29) is 6.10 Å². The molecule has 1 rings (SSSR count). The van der Waals surface area contributed by atoms with Crippen molar-refractivity contribution in [2.75, 3.05) is 45.1 Å². The van der Waals surface area contributed by atoms with Crippen LogP contribution in [0.25, 0.3) is 0 Å². The topological polar surface area (TPSA) is 55.4 Å². The summed E-state index contributed by atoms with van der Waals surface area (Å²) in [6, 6.07) is 5.77. The summed E-state index contributed by atoms with van der Waals surface area (Å²) in [6.45, 7) is 1.24. The number of nitrogens with zero attached hydrogens (tertiary/aromatic N) is 1. The number of anilines is 2. The molecule has 0 saturated carbocycles. The monoisotopic (exact) mass is 225 g/mol. The third kappa shape index (κ3) is 4.04. The van der Waals surface area contributed by atoms with Crippen molar-refractivity contribution >= 4 is 11.6 Å². The molecule has 1 aromatic heterocycles. The Morgan fingerprint density at radius 3 is 2.69 bits per heavy atom. The summed E-state index contributed by atoms with van der Waals surface area (Å²) < 4.78 is 10.3. The highest BCUT2D eigenvalue weighted by Gasteiger charge is 2.06. The quantitative estimate of drug-likeness (QED) is 0.730. The van der Waals surface area contributed by atoms with Gasteiger partial charge in [0.25, 0.3) is 0 Å². The maximum Gasteiger partial charge on any atom is 0.128 e. The van der Waals surface area contributed by atoms with E-state index >= 15 is 0 Å². The summed E-state index contributed by atoms with van der Waals surface area (Å²) in [5.41, 5.74) is 0. The number of hydrogen-bond donors (Lipinski definition) is 2. The Morgan fingerprint density at radius 1 is 1.31 bits per heavy atom. The van der Waals surface area contributed by atoms with Gasteiger partial charge in [0.15, 0.2) is 0 Å². The molecule has 0 aliphatic heterocycles. The first-order valence-corrected chi connectivity index (χ1v) is 5.20. The van der Waals surface area contributed by atoms with Crippen LogP contribution in [0.4, 0.5) is 11.6 Å². The lowest BCUT2D eigenvalue weighted by Gasteiger charge is -2.15. The van der Waals surface area contributed by atoms with Gasteiger partial charge < -0.3 is 20.1 Å². The number of ether oxygens (including phenoxy) is 2. The second kappa shape index (κ2) is 7.03. The summed E-state index contributed by atoms with van der Waals surface area (Å²) in [5.74, 6) is 1.66. The maximum atomic E-state index is 5.24. The van der Waals surface area contributed by atoms with Crippen molar-refractivity contribution in [2.24, 2.45) is 0 Å². The Kier molecular flexibility index (Phi) is 5.60. The minimum atomic E-state index is 0.0324. The molecule has 0 amide bonds. The highest BCUT2D eigenvalue weighted by atomic mass is 16.5. The van der Waals surface area contributed by atoms with E-state index in [4.69, 9.17) is 9.47 Å². The molecule has 0 aromatic carbocycles. The van der Waals surface area contributed by atoms with Crippen molar-refractivity contribution in [3.8, 4) is 0 Å². The Balaban J connectivity index is 2.46. The second-order valence-corrected chi connectivity index (χ2v) is 3.35. The van der Waals surface area contributed by atoms with Gasteiger partial charge in [-0.1, -0.05) is 6.07 Å². The van der Waals surface area contributed by atoms with Gasteiger partial charge in [0.1, 0.15) is 11.6 Å². The smallest absolute Gasteiger partial charge is 0.128 e. The van der Waals surface area contributed by atoms with Gasteiger partial charge in [-0.3, -0.25) is 0 Å². The number of pyridine rings is 1. The summed E-state index contributed by atoms with van der Waals surface area (Å²) in [5, 5.41) is 6.19. The van der Waals surface area contributed by atoms with Gasteiger partial charge in [-0.2, -0.15) is 0 Å². The standard InChI is InChI=1S/C11H19N3O2/c1-12-10-5-4-6-11(14-10)13-7-9(16-3)8-15-2/h4-6,9H,7-8H2,1-3H3,(H2,12,13,14). The highest BCUT2D eigenvalue weighted by molar-refractivity contribution is 5.44. The number of nitrogens with one attached hydrogen (secondary N) is 2. The third-order valence-electron chi connectivity index (χ3n) is 2.20. The lowest BCUT2D eigenvalue weighted by atomic mass is 10.3. The molecule has 16 heavy (non-hydrogen) atoms. The molecule has 0 spiro atoms. The summed E-state index contributed by atoms with van der Waals surface area (Å²) in [7, 11) is 5.17. The van der Waals surface area contributed by atoms with E-state index in [1.807, 2.05) is 25.2 Å². The van der Waals surface area contributed by atoms with Crippen LogP contribution in [0.2, 0.25) is 0 Å². The minimum absolute atomic E-state index is 0.0324. The number of aromatic nitrogens is 1. The Hall–Kier alpha value is -1.33. The van der Waals surface area contributed by atoms with E-state index in [1.165, 1.54) is 0 Å². The number of rotatable bonds is 7. The largest absolute Gasteiger partial charge is 0.382 e. The lowest BCUT2D eigenvalue weighted by Crippen LogP contribution is -2.26. The van der Waals surface area contributed by atoms with E-state index in [1.54, 1.807) is 14.2 Å². The number of hydrogen-bond acceptors (Lipinski definition) is 5. The molecule has 1 atom stereocenters. The van der Waals surface area contributed by atoms with Crippen LogP contribution in [0.3, 0.4) is 0 Å². The van der Waals surface area contributed by atoms with Crippen molar-refractivity contribution in [3.05, 3.63) is 18.2 Å². The molecule has 5 nitrogen and oxygen atoms in total. The first-order valence-electron chi connectivity index (χ1n) is 5.20. The normalized spacial score (nSPS) is 12.2. The minimum Gasteiger partial charge on any atom is -0.382 e. The maximum absolute atomic E-state index is 5.24. The van der Waals surface area contributed by atoms with Crippen LogP contribution < -0.4 is 10.6 Å². The van der Waals surface area contributed by atoms with Gasteiger partial charge in [-0.25, -0.2) is 4.98 Å². The zero-order valence-electron chi connectivity index (χ0n) is 9.99. The van der Waals surface area contributed by atoms with Gasteiger partial charge in [0.05, 0.1) is 12.7 Å². The Morgan fingerprint density at radius 2 is 2.06 bits per heavy atom. The van der Waals surface area contributed by atoms with Crippen LogP contribution in [0.1, 0.15) is 0 Å². The van der Waals surface area contributed by atoms with Crippen molar-refractivity contribution in [3.63, 3.8) is 0 Å². The molecule has 1 unspecified atom stereocenters. The van der Waals surface area contributed by atoms with Gasteiger partial charge in [0.2, 0.25) is 0 Å². The fourth-order valence-electron chi connectivity index (χ4n) is 1.29. The molecule has 90 valence electrons. The first-order chi connectivity index (χ1) is 7.80. The van der Waals surface area contributed by atoms with E-state index in [0.29, 0.717) is 13.2 Å². The highest BCUT2D eigenvalue weighted by Crippen LogP contribution is 2.08. The second-order valence-electron chi connectivity index (χ2n) is 3.35. The molecule has 0 aliphatic rings. The van der Waals surface area contributed by atoms with E-state index in [0.717, 1.165) is 11.6 Å². The predicted molar refractivity (Wildman–Crippen MR) is 64.9 cm³/mol. The fourth-order valence-corrected chi connectivity index (χ4v) is 1.29. The zero-order valence-corrected chi connectivity index (χ0v) is 9.99. The third-order valence-corrected chi connectivity index (χ3v) is 2.20. The van der Waals surface area contributed by atoms with Crippen molar-refractivity contribution < 1.29 is 9.47 Å². The van der Waals surface area contributed by atoms with Crippen LogP contribution in [-0.4, -0.2) is 45.5 Å². The van der Waals surface area contributed by atoms with Gasteiger partial charge in [0, 0.05) is 27.8 Å². The summed E-state index contributed by atoms with van der Waals surface area (Å²) in [4.78, 5) is 4.34. The van der Waals surface area contributed by atoms with E-state index < -0.39 is 0 Å². The molecule has 2 N–H and O–H groups in total. The fraction of sp³-hybridized carbons (Fsp3) is 0.545. The van der Waals surface area contributed by atoms with Gasteiger partial charge in [-0.05, 0) is 12.1 Å². The molecule has 5 heteroatoms. The number of methoxy groups -OCH3 is 2. The van der Waals surface area contributed by atoms with Crippen molar-refractivity contribution in [1.29, 1.82) is 0 Å². The van der Waals surface area contributed by atoms with Crippen molar-refractivity contribution in [1.82, 2.24) is 4.98 Å². The molecule has 0 saturated heterocycles. The summed E-state index contributed by atoms with van der Waals surface area (Å²) in [6.07, 6.45) is 0.0324. The van der Waals surface area contributed by atoms with Crippen LogP contribution in [0, 0.1) is 0 Å². The van der Waals surface area contributed by atoms with E-state index in [2.05, 4.69) is 15.6 Å². The predicted octanol–water partition coefficient (Wildman–Crippen LogP) is 1.20. The first kappa shape index (κ1) is 12.7. The molecule has 0 bridgehead atoms. The van der Waals surface area contributed by atoms with Gasteiger partial charge >= 0.3 is 0 Å². The Bertz CT molecular complexity index is 307. The average Bonchev–Trinajstić information content (AvgIpc) is 2.34. The SMILES string of the molecule is CNc1cccc(NCC(COC)OC)n1. The molecule has 0 radical (unpaired) electrons. The molecule has 0 aliphatic carbocycles. The zero-order chi connectivity index (χ0) is 11.8. The van der Waals surface area contributed by atoms with Crippen LogP contribution in [0.5, 0.6) is 0 Å².